The summed E-state index contributed by atoms with van der Waals surface area (Å²) in [6.45, 7) is 8.05. The number of nitrogens with two attached hydrogens (primary N) is 1. The number of aromatic amines is 1. The lowest BCUT2D eigenvalue weighted by Crippen LogP contribution is -2.49. The Bertz CT molecular complexity index is 371. The zero-order valence-corrected chi connectivity index (χ0v) is 11.0. The van der Waals surface area contributed by atoms with Crippen LogP contribution in [0.4, 0.5) is 0 Å². The molecule has 0 saturated carbocycles. The Labute approximate surface area is 102 Å². The Morgan fingerprint density at radius 2 is 2.06 bits per heavy atom. The fourth-order valence-electron chi connectivity index (χ4n) is 1.39. The monoisotopic (exact) mass is 245 g/mol. The number of rotatable bonds is 3. The molecule has 0 spiro atoms. The van der Waals surface area contributed by atoms with E-state index < -0.39 is 0 Å². The summed E-state index contributed by atoms with van der Waals surface area (Å²) in [5.41, 5.74) is 7.74. The molecule has 0 aliphatic heterocycles. The van der Waals surface area contributed by atoms with Gasteiger partial charge in [-0.1, -0.05) is 0 Å². The smallest absolute Gasteiger partial charge is 0.268 e. The van der Waals surface area contributed by atoms with Gasteiger partial charge in [-0.25, -0.2) is 0 Å². The number of aromatic nitrogens is 1. The van der Waals surface area contributed by atoms with E-state index in [1.165, 1.54) is 0 Å². The molecule has 0 aliphatic carbocycles. The summed E-state index contributed by atoms with van der Waals surface area (Å²) in [5.74, 6) is -0.101. The molecule has 1 rings (SSSR count). The van der Waals surface area contributed by atoms with Crippen LogP contribution in [-0.4, -0.2) is 23.0 Å². The molecule has 4 nitrogen and oxygen atoms in total. The standard InChI is InChI=1S/C11H19N3O.ClH/c1-7-5-8(2)13-9(7)10(15)14-11(3,4)6-12;/h5,13H,6,12H2,1-4H3,(H,14,15);1H. The number of amides is 1. The first-order chi connectivity index (χ1) is 6.85. The van der Waals surface area contributed by atoms with E-state index in [4.69, 9.17) is 5.73 Å². The molecule has 0 aromatic carbocycles. The van der Waals surface area contributed by atoms with Crippen molar-refractivity contribution in [2.24, 2.45) is 5.73 Å². The van der Waals surface area contributed by atoms with Crippen molar-refractivity contribution in [1.82, 2.24) is 10.3 Å². The van der Waals surface area contributed by atoms with Crippen LogP contribution in [0.2, 0.25) is 0 Å². The van der Waals surface area contributed by atoms with Gasteiger partial charge in [-0.15, -0.1) is 12.4 Å². The van der Waals surface area contributed by atoms with E-state index in [2.05, 4.69) is 10.3 Å². The van der Waals surface area contributed by atoms with Crippen molar-refractivity contribution in [3.63, 3.8) is 0 Å². The van der Waals surface area contributed by atoms with Crippen molar-refractivity contribution in [3.05, 3.63) is 23.0 Å². The molecule has 0 fully saturated rings. The van der Waals surface area contributed by atoms with Gasteiger partial charge in [0.05, 0.1) is 0 Å². The number of aryl methyl sites for hydroxylation is 2. The van der Waals surface area contributed by atoms with E-state index in [1.807, 2.05) is 33.8 Å². The van der Waals surface area contributed by atoms with E-state index in [0.29, 0.717) is 12.2 Å². The van der Waals surface area contributed by atoms with Crippen molar-refractivity contribution < 1.29 is 4.79 Å². The van der Waals surface area contributed by atoms with Crippen LogP contribution in [0.25, 0.3) is 0 Å². The van der Waals surface area contributed by atoms with Gasteiger partial charge in [0.25, 0.3) is 5.91 Å². The highest BCUT2D eigenvalue weighted by atomic mass is 35.5. The average molecular weight is 246 g/mol. The maximum Gasteiger partial charge on any atom is 0.268 e. The molecule has 16 heavy (non-hydrogen) atoms. The van der Waals surface area contributed by atoms with E-state index in [9.17, 15) is 4.79 Å². The number of carbonyl (C=O) groups excluding carboxylic acids is 1. The van der Waals surface area contributed by atoms with Crippen LogP contribution in [0.1, 0.15) is 35.6 Å². The Hall–Kier alpha value is -1.00. The number of halogens is 1. The molecule has 92 valence electrons. The lowest BCUT2D eigenvalue weighted by Gasteiger charge is -2.23. The minimum Gasteiger partial charge on any atom is -0.354 e. The predicted molar refractivity (Wildman–Crippen MR) is 68.1 cm³/mol. The second kappa shape index (κ2) is 5.37. The first-order valence-electron chi connectivity index (χ1n) is 5.04. The number of hydrogen-bond donors (Lipinski definition) is 3. The third kappa shape index (κ3) is 3.54. The van der Waals surface area contributed by atoms with Gasteiger partial charge in [0.1, 0.15) is 5.69 Å². The predicted octanol–water partition coefficient (Wildman–Crippen LogP) is 1.52. The molecule has 0 atom stereocenters. The van der Waals surface area contributed by atoms with Gasteiger partial charge >= 0.3 is 0 Å². The average Bonchev–Trinajstić information content (AvgIpc) is 2.45. The summed E-state index contributed by atoms with van der Waals surface area (Å²) >= 11 is 0. The number of hydrogen-bond acceptors (Lipinski definition) is 2. The van der Waals surface area contributed by atoms with Crippen LogP contribution in [0.15, 0.2) is 6.07 Å². The van der Waals surface area contributed by atoms with Crippen molar-refractivity contribution in [3.8, 4) is 0 Å². The van der Waals surface area contributed by atoms with Crippen molar-refractivity contribution in [1.29, 1.82) is 0 Å². The Morgan fingerprint density at radius 1 is 1.50 bits per heavy atom. The lowest BCUT2D eigenvalue weighted by molar-refractivity contribution is 0.0910. The highest BCUT2D eigenvalue weighted by Crippen LogP contribution is 2.10. The fourth-order valence-corrected chi connectivity index (χ4v) is 1.39. The maximum atomic E-state index is 11.9. The molecular formula is C11H20ClN3O. The number of nitrogens with one attached hydrogen (secondary N) is 2. The zero-order valence-electron chi connectivity index (χ0n) is 10.2. The van der Waals surface area contributed by atoms with E-state index >= 15 is 0 Å². The molecule has 0 saturated heterocycles. The Morgan fingerprint density at radius 3 is 2.44 bits per heavy atom. The Balaban J connectivity index is 0.00000225. The van der Waals surface area contributed by atoms with Gasteiger partial charge in [0.15, 0.2) is 0 Å². The van der Waals surface area contributed by atoms with E-state index in [-0.39, 0.29) is 23.9 Å². The first-order valence-corrected chi connectivity index (χ1v) is 5.04. The molecule has 1 aromatic heterocycles. The van der Waals surface area contributed by atoms with E-state index in [0.717, 1.165) is 11.3 Å². The summed E-state index contributed by atoms with van der Waals surface area (Å²) in [4.78, 5) is 14.9. The van der Waals surface area contributed by atoms with Crippen molar-refractivity contribution >= 4 is 18.3 Å². The topological polar surface area (TPSA) is 70.9 Å². The van der Waals surface area contributed by atoms with Gasteiger partial charge < -0.3 is 16.0 Å². The van der Waals surface area contributed by atoms with Gasteiger partial charge in [-0.3, -0.25) is 4.79 Å². The number of carbonyl (C=O) groups is 1. The molecule has 4 N–H and O–H groups in total. The molecule has 1 aromatic rings. The van der Waals surface area contributed by atoms with Crippen molar-refractivity contribution in [2.45, 2.75) is 33.2 Å². The third-order valence-electron chi connectivity index (χ3n) is 2.34. The SMILES string of the molecule is Cc1cc(C)c(C(=O)NC(C)(C)CN)[nH]1.Cl. The molecule has 5 heteroatoms. The summed E-state index contributed by atoms with van der Waals surface area (Å²) < 4.78 is 0. The van der Waals surface area contributed by atoms with Crippen LogP contribution in [0, 0.1) is 13.8 Å². The minimum atomic E-state index is -0.372. The van der Waals surface area contributed by atoms with Gasteiger partial charge in [0, 0.05) is 17.8 Å². The largest absolute Gasteiger partial charge is 0.354 e. The van der Waals surface area contributed by atoms with Crippen molar-refractivity contribution in [2.75, 3.05) is 6.54 Å². The van der Waals surface area contributed by atoms with E-state index in [1.54, 1.807) is 0 Å². The zero-order chi connectivity index (χ0) is 11.6. The number of H-pyrrole nitrogens is 1. The lowest BCUT2D eigenvalue weighted by atomic mass is 10.1. The quantitative estimate of drug-likeness (QED) is 0.756. The van der Waals surface area contributed by atoms with Crippen LogP contribution < -0.4 is 11.1 Å². The maximum absolute atomic E-state index is 11.9. The molecular weight excluding hydrogens is 226 g/mol. The third-order valence-corrected chi connectivity index (χ3v) is 2.34. The van der Waals surface area contributed by atoms with Crippen LogP contribution in [0.5, 0.6) is 0 Å². The first kappa shape index (κ1) is 15.0. The Kier molecular flexibility index (Phi) is 5.03. The van der Waals surface area contributed by atoms with Gasteiger partial charge in [-0.2, -0.15) is 0 Å². The van der Waals surface area contributed by atoms with Crippen LogP contribution in [-0.2, 0) is 0 Å². The molecule has 1 heterocycles. The molecule has 0 radical (unpaired) electrons. The van der Waals surface area contributed by atoms with Crippen LogP contribution >= 0.6 is 12.4 Å². The second-order valence-electron chi connectivity index (χ2n) is 4.55. The fraction of sp³-hybridized carbons (Fsp3) is 0.545. The second-order valence-corrected chi connectivity index (χ2v) is 4.55. The molecule has 1 amide bonds. The minimum absolute atomic E-state index is 0. The highest BCUT2D eigenvalue weighted by molar-refractivity contribution is 5.94. The van der Waals surface area contributed by atoms with Gasteiger partial charge in [0.2, 0.25) is 0 Å². The summed E-state index contributed by atoms with van der Waals surface area (Å²) in [6, 6.07) is 1.95. The summed E-state index contributed by atoms with van der Waals surface area (Å²) in [7, 11) is 0. The highest BCUT2D eigenvalue weighted by Gasteiger charge is 2.21. The molecule has 0 bridgehead atoms. The molecule has 0 aliphatic rings. The van der Waals surface area contributed by atoms with Gasteiger partial charge in [-0.05, 0) is 39.3 Å². The summed E-state index contributed by atoms with van der Waals surface area (Å²) in [6.07, 6.45) is 0. The van der Waals surface area contributed by atoms with Crippen LogP contribution in [0.3, 0.4) is 0 Å². The summed E-state index contributed by atoms with van der Waals surface area (Å²) in [5, 5.41) is 2.88. The molecule has 0 unspecified atom stereocenters. The normalized spacial score (nSPS) is 10.8.